The van der Waals surface area contributed by atoms with Crippen molar-refractivity contribution < 1.29 is 9.53 Å². The molecular formula is C7H13NO2. The van der Waals surface area contributed by atoms with E-state index in [4.69, 9.17) is 0 Å². The first-order valence-corrected chi connectivity index (χ1v) is 3.31. The summed E-state index contributed by atoms with van der Waals surface area (Å²) >= 11 is 0. The molecule has 0 atom stereocenters. The van der Waals surface area contributed by atoms with E-state index in [2.05, 4.69) is 16.6 Å². The topological polar surface area (TPSA) is 38.3 Å². The Labute approximate surface area is 61.1 Å². The van der Waals surface area contributed by atoms with Crippen LogP contribution in [0.5, 0.6) is 0 Å². The van der Waals surface area contributed by atoms with E-state index in [1.807, 2.05) is 6.92 Å². The summed E-state index contributed by atoms with van der Waals surface area (Å²) < 4.78 is 4.67. The zero-order chi connectivity index (χ0) is 7.82. The molecule has 0 unspecified atom stereocenters. The standard InChI is InChI=1S/C7H13NO2/c1-3-7(9)10-6-5-8-4-2/h3,8H,1,4-6H2,2H3. The molecule has 0 amide bonds. The minimum absolute atomic E-state index is 0.363. The molecule has 0 aromatic heterocycles. The molecule has 0 aromatic carbocycles. The molecular weight excluding hydrogens is 130 g/mol. The summed E-state index contributed by atoms with van der Waals surface area (Å²) in [5, 5.41) is 3.02. The number of rotatable bonds is 5. The van der Waals surface area contributed by atoms with Crippen molar-refractivity contribution in [2.24, 2.45) is 0 Å². The molecule has 3 nitrogen and oxygen atoms in total. The van der Waals surface area contributed by atoms with E-state index in [0.29, 0.717) is 13.2 Å². The van der Waals surface area contributed by atoms with E-state index in [-0.39, 0.29) is 5.97 Å². The smallest absolute Gasteiger partial charge is 0.330 e. The van der Waals surface area contributed by atoms with Gasteiger partial charge < -0.3 is 10.1 Å². The van der Waals surface area contributed by atoms with Crippen molar-refractivity contribution in [1.29, 1.82) is 0 Å². The molecule has 0 spiro atoms. The van der Waals surface area contributed by atoms with Gasteiger partial charge in [-0.05, 0) is 6.54 Å². The lowest BCUT2D eigenvalue weighted by molar-refractivity contribution is -0.137. The first-order chi connectivity index (χ1) is 4.81. The van der Waals surface area contributed by atoms with Crippen molar-refractivity contribution in [3.63, 3.8) is 0 Å². The van der Waals surface area contributed by atoms with Gasteiger partial charge in [0.15, 0.2) is 0 Å². The SMILES string of the molecule is C=CC(=O)OCCNCC. The van der Waals surface area contributed by atoms with Gasteiger partial charge in [-0.2, -0.15) is 0 Å². The maximum atomic E-state index is 10.4. The van der Waals surface area contributed by atoms with E-state index in [9.17, 15) is 4.79 Å². The molecule has 58 valence electrons. The van der Waals surface area contributed by atoms with Crippen LogP contribution < -0.4 is 5.32 Å². The lowest BCUT2D eigenvalue weighted by atomic mass is 10.6. The summed E-state index contributed by atoms with van der Waals surface area (Å²) in [6.45, 7) is 7.27. The summed E-state index contributed by atoms with van der Waals surface area (Å²) in [5.41, 5.74) is 0. The summed E-state index contributed by atoms with van der Waals surface area (Å²) in [6, 6.07) is 0. The second-order valence-corrected chi connectivity index (χ2v) is 1.73. The van der Waals surface area contributed by atoms with Crippen molar-refractivity contribution in [3.8, 4) is 0 Å². The van der Waals surface area contributed by atoms with Crippen molar-refractivity contribution in [3.05, 3.63) is 12.7 Å². The molecule has 10 heavy (non-hydrogen) atoms. The van der Waals surface area contributed by atoms with Crippen molar-refractivity contribution >= 4 is 5.97 Å². The van der Waals surface area contributed by atoms with Gasteiger partial charge in [0.05, 0.1) is 0 Å². The summed E-state index contributed by atoms with van der Waals surface area (Å²) in [6.07, 6.45) is 1.16. The summed E-state index contributed by atoms with van der Waals surface area (Å²) in [4.78, 5) is 10.4. The highest BCUT2D eigenvalue weighted by Gasteiger charge is 1.91. The minimum atomic E-state index is -0.363. The summed E-state index contributed by atoms with van der Waals surface area (Å²) in [5.74, 6) is -0.363. The maximum Gasteiger partial charge on any atom is 0.330 e. The quantitative estimate of drug-likeness (QED) is 0.342. The average molecular weight is 143 g/mol. The Morgan fingerprint density at radius 2 is 2.50 bits per heavy atom. The Morgan fingerprint density at radius 3 is 3.00 bits per heavy atom. The predicted octanol–water partition coefficient (Wildman–Crippen LogP) is 0.325. The van der Waals surface area contributed by atoms with Gasteiger partial charge in [0.25, 0.3) is 0 Å². The van der Waals surface area contributed by atoms with Gasteiger partial charge in [0, 0.05) is 12.6 Å². The van der Waals surface area contributed by atoms with Crippen molar-refractivity contribution in [1.82, 2.24) is 5.32 Å². The van der Waals surface area contributed by atoms with Crippen LogP contribution in [0.3, 0.4) is 0 Å². The van der Waals surface area contributed by atoms with Gasteiger partial charge >= 0.3 is 5.97 Å². The van der Waals surface area contributed by atoms with Crippen molar-refractivity contribution in [2.75, 3.05) is 19.7 Å². The minimum Gasteiger partial charge on any atom is -0.461 e. The van der Waals surface area contributed by atoms with Crippen LogP contribution in [0.25, 0.3) is 0 Å². The highest BCUT2D eigenvalue weighted by Crippen LogP contribution is 1.76. The van der Waals surface area contributed by atoms with Crippen LogP contribution in [-0.2, 0) is 9.53 Å². The normalized spacial score (nSPS) is 8.90. The van der Waals surface area contributed by atoms with Crippen LogP contribution in [-0.4, -0.2) is 25.7 Å². The monoisotopic (exact) mass is 143 g/mol. The fourth-order valence-electron chi connectivity index (χ4n) is 0.459. The molecule has 3 heteroatoms. The molecule has 0 aromatic rings. The molecule has 1 N–H and O–H groups in total. The Kier molecular flexibility index (Phi) is 5.77. The fraction of sp³-hybridized carbons (Fsp3) is 0.571. The van der Waals surface area contributed by atoms with Gasteiger partial charge in [-0.25, -0.2) is 4.79 Å². The van der Waals surface area contributed by atoms with Gasteiger partial charge in [0.1, 0.15) is 6.61 Å². The predicted molar refractivity (Wildman–Crippen MR) is 39.7 cm³/mol. The largest absolute Gasteiger partial charge is 0.461 e. The third-order valence-electron chi connectivity index (χ3n) is 0.940. The van der Waals surface area contributed by atoms with E-state index in [0.717, 1.165) is 12.6 Å². The second-order valence-electron chi connectivity index (χ2n) is 1.73. The van der Waals surface area contributed by atoms with E-state index in [1.54, 1.807) is 0 Å². The van der Waals surface area contributed by atoms with Crippen LogP contribution in [0.4, 0.5) is 0 Å². The number of esters is 1. The molecule has 0 fully saturated rings. The third kappa shape index (κ3) is 5.31. The van der Waals surface area contributed by atoms with Crippen LogP contribution >= 0.6 is 0 Å². The maximum absolute atomic E-state index is 10.4. The molecule has 0 radical (unpaired) electrons. The molecule has 0 saturated heterocycles. The van der Waals surface area contributed by atoms with E-state index in [1.165, 1.54) is 0 Å². The second kappa shape index (κ2) is 6.29. The molecule has 0 saturated carbocycles. The lowest BCUT2D eigenvalue weighted by Crippen LogP contribution is -2.20. The van der Waals surface area contributed by atoms with E-state index >= 15 is 0 Å². The Bertz CT molecular complexity index is 112. The van der Waals surface area contributed by atoms with Crippen LogP contribution in [0.2, 0.25) is 0 Å². The molecule has 0 bridgehead atoms. The number of carbonyl (C=O) groups excluding carboxylic acids is 1. The number of nitrogens with one attached hydrogen (secondary N) is 1. The highest BCUT2D eigenvalue weighted by atomic mass is 16.5. The van der Waals surface area contributed by atoms with Gasteiger partial charge in [0.2, 0.25) is 0 Å². The molecule has 0 heterocycles. The molecule has 0 aliphatic rings. The van der Waals surface area contributed by atoms with E-state index < -0.39 is 0 Å². The van der Waals surface area contributed by atoms with Gasteiger partial charge in [-0.15, -0.1) is 0 Å². The van der Waals surface area contributed by atoms with Gasteiger partial charge in [-0.3, -0.25) is 0 Å². The molecule has 0 aliphatic heterocycles. The van der Waals surface area contributed by atoms with Crippen LogP contribution in [0.15, 0.2) is 12.7 Å². The molecule has 0 aliphatic carbocycles. The highest BCUT2D eigenvalue weighted by molar-refractivity contribution is 5.81. The number of hydrogen-bond donors (Lipinski definition) is 1. The fourth-order valence-corrected chi connectivity index (χ4v) is 0.459. The zero-order valence-electron chi connectivity index (χ0n) is 6.22. The zero-order valence-corrected chi connectivity index (χ0v) is 6.22. The Balaban J connectivity index is 3.03. The number of ether oxygens (including phenoxy) is 1. The third-order valence-corrected chi connectivity index (χ3v) is 0.940. The van der Waals surface area contributed by atoms with Crippen LogP contribution in [0, 0.1) is 0 Å². The Morgan fingerprint density at radius 1 is 1.80 bits per heavy atom. The van der Waals surface area contributed by atoms with Gasteiger partial charge in [-0.1, -0.05) is 13.5 Å². The van der Waals surface area contributed by atoms with Crippen molar-refractivity contribution in [2.45, 2.75) is 6.92 Å². The Hall–Kier alpha value is -0.830. The first-order valence-electron chi connectivity index (χ1n) is 3.31. The lowest BCUT2D eigenvalue weighted by Gasteiger charge is -2.00. The number of likely N-dealkylation sites (N-methyl/N-ethyl adjacent to an activating group) is 1. The molecule has 0 rings (SSSR count). The number of hydrogen-bond acceptors (Lipinski definition) is 3. The summed E-state index contributed by atoms with van der Waals surface area (Å²) in [7, 11) is 0. The average Bonchev–Trinajstić information content (AvgIpc) is 1.98. The number of carbonyl (C=O) groups is 1. The van der Waals surface area contributed by atoms with Crippen LogP contribution in [0.1, 0.15) is 6.92 Å². The first kappa shape index (κ1) is 9.17.